The normalized spacial score (nSPS) is 17.4. The molecule has 1 unspecified atom stereocenters. The highest BCUT2D eigenvalue weighted by molar-refractivity contribution is 6.01. The van der Waals surface area contributed by atoms with E-state index in [4.69, 9.17) is 19.5 Å². The van der Waals surface area contributed by atoms with E-state index in [-0.39, 0.29) is 43.5 Å². The van der Waals surface area contributed by atoms with Crippen molar-refractivity contribution < 1.29 is 33.3 Å². The molecule has 0 spiro atoms. The molecular weight excluding hydrogens is 517 g/mol. The molecular formula is C30H30FN3O6. The molecule has 4 rings (SSSR count). The first-order valence-electron chi connectivity index (χ1n) is 12.6. The molecule has 0 saturated carbocycles. The van der Waals surface area contributed by atoms with Gasteiger partial charge in [0.2, 0.25) is 0 Å². The summed E-state index contributed by atoms with van der Waals surface area (Å²) in [6.07, 6.45) is -1.41. The van der Waals surface area contributed by atoms with Gasteiger partial charge in [-0.05, 0) is 48.0 Å². The molecule has 1 amide bonds. The average Bonchev–Trinajstić information content (AvgIpc) is 3.00. The highest BCUT2D eigenvalue weighted by atomic mass is 19.1. The molecule has 208 valence electrons. The van der Waals surface area contributed by atoms with Crippen molar-refractivity contribution in [2.45, 2.75) is 25.0 Å². The number of rotatable bonds is 10. The van der Waals surface area contributed by atoms with Crippen LogP contribution in [-0.2, 0) is 16.0 Å². The fraction of sp³-hybridized carbons (Fsp3) is 0.300. The van der Waals surface area contributed by atoms with Crippen LogP contribution in [0.15, 0.2) is 66.7 Å². The number of methoxy groups -OCH3 is 1. The number of benzene rings is 3. The number of aldehydes is 1. The van der Waals surface area contributed by atoms with Gasteiger partial charge in [-0.15, -0.1) is 0 Å². The Bertz CT molecular complexity index is 1370. The second-order valence-corrected chi connectivity index (χ2v) is 9.39. The summed E-state index contributed by atoms with van der Waals surface area (Å²) in [7, 11) is 3.00. The minimum atomic E-state index is -1.09. The highest BCUT2D eigenvalue weighted by Gasteiger charge is 2.33. The molecule has 0 bridgehead atoms. The molecule has 9 nitrogen and oxygen atoms in total. The standard InChI is InChI=1S/C30H30FN3O6/c1-33(29(37)25-6-4-3-5-22(25)17-35)24-18-39-30(40-19-24)27(36)16-34(23-10-7-20(14-32)8-11-23)15-21-9-12-28(38-2)26(31)13-21/h3-13,17,24,27,30,36H,15-16,18-19H2,1-2H3. The van der Waals surface area contributed by atoms with Gasteiger partial charge in [0.1, 0.15) is 6.10 Å². The van der Waals surface area contributed by atoms with E-state index in [2.05, 4.69) is 6.07 Å². The van der Waals surface area contributed by atoms with Gasteiger partial charge in [-0.25, -0.2) is 4.39 Å². The third kappa shape index (κ3) is 6.63. The zero-order chi connectivity index (χ0) is 28.6. The fourth-order valence-corrected chi connectivity index (χ4v) is 4.45. The lowest BCUT2D eigenvalue weighted by Gasteiger charge is -2.38. The summed E-state index contributed by atoms with van der Waals surface area (Å²) in [6.45, 7) is 0.574. The van der Waals surface area contributed by atoms with Crippen LogP contribution in [0.25, 0.3) is 0 Å². The molecule has 1 heterocycles. The Hall–Kier alpha value is -4.30. The number of likely N-dealkylation sites (N-methyl/N-ethyl adjacent to an activating group) is 1. The minimum absolute atomic E-state index is 0.0797. The van der Waals surface area contributed by atoms with Crippen LogP contribution < -0.4 is 9.64 Å². The third-order valence-electron chi connectivity index (χ3n) is 6.76. The van der Waals surface area contributed by atoms with Gasteiger partial charge in [-0.1, -0.05) is 24.3 Å². The molecule has 1 fully saturated rings. The zero-order valence-corrected chi connectivity index (χ0v) is 22.2. The summed E-state index contributed by atoms with van der Waals surface area (Å²) in [5, 5.41) is 20.2. The molecule has 1 N–H and O–H groups in total. The first-order chi connectivity index (χ1) is 19.3. The SMILES string of the molecule is COc1ccc(CN(CC(O)C2OCC(N(C)C(=O)c3ccccc3C=O)CO2)c2ccc(C#N)cc2)cc1F. The molecule has 10 heteroatoms. The summed E-state index contributed by atoms with van der Waals surface area (Å²) in [5.74, 6) is -0.706. The summed E-state index contributed by atoms with van der Waals surface area (Å²) >= 11 is 0. The van der Waals surface area contributed by atoms with Crippen molar-refractivity contribution in [1.29, 1.82) is 5.26 Å². The van der Waals surface area contributed by atoms with E-state index in [0.29, 0.717) is 28.7 Å². The first kappa shape index (κ1) is 28.7. The number of aliphatic hydroxyl groups excluding tert-OH is 1. The molecule has 1 aliphatic heterocycles. The predicted octanol–water partition coefficient (Wildman–Crippen LogP) is 3.40. The van der Waals surface area contributed by atoms with E-state index in [1.54, 1.807) is 61.6 Å². The smallest absolute Gasteiger partial charge is 0.254 e. The van der Waals surface area contributed by atoms with Gasteiger partial charge < -0.3 is 29.1 Å². The van der Waals surface area contributed by atoms with Gasteiger partial charge in [0.15, 0.2) is 24.1 Å². The number of carbonyl (C=O) groups is 2. The number of amides is 1. The van der Waals surface area contributed by atoms with Crippen molar-refractivity contribution in [2.75, 3.05) is 38.8 Å². The molecule has 3 aromatic rings. The summed E-state index contributed by atoms with van der Waals surface area (Å²) in [6, 6.07) is 19.7. The van der Waals surface area contributed by atoms with E-state index in [1.165, 1.54) is 24.1 Å². The molecule has 3 aromatic carbocycles. The third-order valence-corrected chi connectivity index (χ3v) is 6.76. The van der Waals surface area contributed by atoms with Gasteiger partial charge in [-0.2, -0.15) is 5.26 Å². The molecule has 0 radical (unpaired) electrons. The van der Waals surface area contributed by atoms with Gasteiger partial charge in [-0.3, -0.25) is 9.59 Å². The second kappa shape index (κ2) is 13.2. The van der Waals surface area contributed by atoms with Crippen LogP contribution >= 0.6 is 0 Å². The van der Waals surface area contributed by atoms with Crippen molar-refractivity contribution in [3.8, 4) is 11.8 Å². The Labute approximate surface area is 231 Å². The fourth-order valence-electron chi connectivity index (χ4n) is 4.45. The average molecular weight is 548 g/mol. The lowest BCUT2D eigenvalue weighted by molar-refractivity contribution is -0.235. The maximum atomic E-state index is 14.4. The lowest BCUT2D eigenvalue weighted by atomic mass is 10.1. The Morgan fingerprint density at radius 1 is 1.18 bits per heavy atom. The van der Waals surface area contributed by atoms with Gasteiger partial charge in [0, 0.05) is 31.4 Å². The Morgan fingerprint density at radius 3 is 2.50 bits per heavy atom. The Morgan fingerprint density at radius 2 is 1.88 bits per heavy atom. The summed E-state index contributed by atoms with van der Waals surface area (Å²) in [4.78, 5) is 27.6. The minimum Gasteiger partial charge on any atom is -0.494 e. The quantitative estimate of drug-likeness (QED) is 0.385. The van der Waals surface area contributed by atoms with Gasteiger partial charge in [0.05, 0.1) is 43.6 Å². The zero-order valence-electron chi connectivity index (χ0n) is 22.2. The van der Waals surface area contributed by atoms with Crippen LogP contribution in [-0.4, -0.2) is 74.6 Å². The van der Waals surface area contributed by atoms with Crippen molar-refractivity contribution in [3.05, 3.63) is 94.8 Å². The molecule has 0 aliphatic carbocycles. The first-order valence-corrected chi connectivity index (χ1v) is 12.6. The van der Waals surface area contributed by atoms with E-state index in [1.807, 2.05) is 4.90 Å². The van der Waals surface area contributed by atoms with E-state index < -0.39 is 24.3 Å². The molecule has 40 heavy (non-hydrogen) atoms. The van der Waals surface area contributed by atoms with Crippen LogP contribution in [0.3, 0.4) is 0 Å². The topological polar surface area (TPSA) is 112 Å². The van der Waals surface area contributed by atoms with Crippen molar-refractivity contribution >= 4 is 17.9 Å². The van der Waals surface area contributed by atoms with Gasteiger partial charge >= 0.3 is 0 Å². The van der Waals surface area contributed by atoms with Crippen LogP contribution in [0.5, 0.6) is 5.75 Å². The summed E-state index contributed by atoms with van der Waals surface area (Å²) in [5.41, 5.74) is 2.43. The molecule has 1 saturated heterocycles. The monoisotopic (exact) mass is 547 g/mol. The van der Waals surface area contributed by atoms with E-state index in [0.717, 1.165) is 0 Å². The second-order valence-electron chi connectivity index (χ2n) is 9.39. The maximum absolute atomic E-state index is 14.4. The number of ether oxygens (including phenoxy) is 3. The Kier molecular flexibility index (Phi) is 9.45. The number of anilines is 1. The number of nitriles is 1. The number of hydrogen-bond acceptors (Lipinski definition) is 8. The van der Waals surface area contributed by atoms with Crippen LogP contribution in [0.2, 0.25) is 0 Å². The molecule has 0 aromatic heterocycles. The van der Waals surface area contributed by atoms with Crippen LogP contribution in [0.4, 0.5) is 10.1 Å². The number of halogens is 1. The van der Waals surface area contributed by atoms with E-state index >= 15 is 0 Å². The number of nitrogens with zero attached hydrogens (tertiary/aromatic N) is 3. The Balaban J connectivity index is 1.42. The molecule has 1 atom stereocenters. The van der Waals surface area contributed by atoms with Crippen LogP contribution in [0, 0.1) is 17.1 Å². The van der Waals surface area contributed by atoms with E-state index in [9.17, 15) is 19.1 Å². The lowest BCUT2D eigenvalue weighted by Crippen LogP contribution is -2.52. The largest absolute Gasteiger partial charge is 0.494 e. The van der Waals surface area contributed by atoms with Crippen molar-refractivity contribution in [1.82, 2.24) is 4.90 Å². The summed E-state index contributed by atoms with van der Waals surface area (Å²) < 4.78 is 31.0. The number of hydrogen-bond donors (Lipinski definition) is 1. The number of aliphatic hydroxyl groups is 1. The highest BCUT2D eigenvalue weighted by Crippen LogP contribution is 2.24. The maximum Gasteiger partial charge on any atom is 0.254 e. The predicted molar refractivity (Wildman–Crippen MR) is 145 cm³/mol. The number of carbonyl (C=O) groups excluding carboxylic acids is 2. The van der Waals surface area contributed by atoms with Crippen LogP contribution in [0.1, 0.15) is 31.8 Å². The van der Waals surface area contributed by atoms with Crippen molar-refractivity contribution in [2.24, 2.45) is 0 Å². The van der Waals surface area contributed by atoms with Crippen molar-refractivity contribution in [3.63, 3.8) is 0 Å². The van der Waals surface area contributed by atoms with Gasteiger partial charge in [0.25, 0.3) is 5.91 Å². The molecule has 1 aliphatic rings.